The zero-order valence-electron chi connectivity index (χ0n) is 18.3. The number of fused-ring (bicyclic) bond motifs is 2. The molecule has 2 fully saturated rings. The second-order valence-electron chi connectivity index (χ2n) is 8.85. The molecular formula is C22H26N8O2. The lowest BCUT2D eigenvalue weighted by Crippen LogP contribution is -2.52. The number of amides is 2. The van der Waals surface area contributed by atoms with Crippen molar-refractivity contribution in [1.29, 1.82) is 0 Å². The van der Waals surface area contributed by atoms with Crippen molar-refractivity contribution in [3.63, 3.8) is 0 Å². The number of carbonyl (C=O) groups is 1. The summed E-state index contributed by atoms with van der Waals surface area (Å²) in [6.07, 6.45) is 6.95. The van der Waals surface area contributed by atoms with Gasteiger partial charge in [-0.3, -0.25) is 14.9 Å². The fourth-order valence-electron chi connectivity index (χ4n) is 4.92. The molecule has 10 heteroatoms. The number of pyridine rings is 2. The second kappa shape index (κ2) is 7.06. The number of anilines is 3. The monoisotopic (exact) mass is 434 g/mol. The molecule has 0 radical (unpaired) electrons. The van der Waals surface area contributed by atoms with E-state index in [1.165, 1.54) is 18.5 Å². The summed E-state index contributed by atoms with van der Waals surface area (Å²) in [6.45, 7) is 3.57. The number of piperazine rings is 1. The van der Waals surface area contributed by atoms with E-state index < -0.39 is 0 Å². The quantitative estimate of drug-likeness (QED) is 0.649. The minimum atomic E-state index is -0.245. The summed E-state index contributed by atoms with van der Waals surface area (Å²) in [5, 5.41) is 11.8. The normalized spacial score (nSPS) is 18.8. The SMILES string of the molecule is COc1nc(NC(=O)N2CCc3c(N4CCNC5(CC5)C4)ccnc32)cc2cn(C)nc12. The van der Waals surface area contributed by atoms with Gasteiger partial charge in [-0.2, -0.15) is 10.1 Å². The van der Waals surface area contributed by atoms with Gasteiger partial charge in [0.05, 0.1) is 7.11 Å². The lowest BCUT2D eigenvalue weighted by atomic mass is 10.1. The summed E-state index contributed by atoms with van der Waals surface area (Å²) < 4.78 is 7.07. The highest BCUT2D eigenvalue weighted by Crippen LogP contribution is 2.41. The van der Waals surface area contributed by atoms with Crippen molar-refractivity contribution >= 4 is 34.3 Å². The minimum absolute atomic E-state index is 0.245. The van der Waals surface area contributed by atoms with Gasteiger partial charge in [-0.25, -0.2) is 9.78 Å². The highest BCUT2D eigenvalue weighted by molar-refractivity contribution is 6.03. The van der Waals surface area contributed by atoms with Crippen LogP contribution in [0.3, 0.4) is 0 Å². The fraction of sp³-hybridized carbons (Fsp3) is 0.455. The summed E-state index contributed by atoms with van der Waals surface area (Å²) >= 11 is 0. The maximum Gasteiger partial charge on any atom is 0.328 e. The summed E-state index contributed by atoms with van der Waals surface area (Å²) in [7, 11) is 3.39. The molecule has 1 saturated carbocycles. The number of nitrogens with zero attached hydrogens (tertiary/aromatic N) is 6. The van der Waals surface area contributed by atoms with Gasteiger partial charge < -0.3 is 15.0 Å². The Morgan fingerprint density at radius 2 is 2.19 bits per heavy atom. The number of nitrogens with one attached hydrogen (secondary N) is 2. The Labute approximate surface area is 185 Å². The molecular weight excluding hydrogens is 408 g/mol. The largest absolute Gasteiger partial charge is 0.479 e. The van der Waals surface area contributed by atoms with Gasteiger partial charge in [0.1, 0.15) is 11.6 Å². The minimum Gasteiger partial charge on any atom is -0.479 e. The van der Waals surface area contributed by atoms with Crippen molar-refractivity contribution in [2.24, 2.45) is 7.05 Å². The molecule has 3 aliphatic rings. The molecule has 5 heterocycles. The Hall–Kier alpha value is -3.40. The molecule has 1 saturated heterocycles. The first-order valence-corrected chi connectivity index (χ1v) is 11.0. The number of urea groups is 1. The molecule has 32 heavy (non-hydrogen) atoms. The fourth-order valence-corrected chi connectivity index (χ4v) is 4.92. The van der Waals surface area contributed by atoms with Crippen LogP contribution >= 0.6 is 0 Å². The summed E-state index contributed by atoms with van der Waals surface area (Å²) in [4.78, 5) is 26.3. The van der Waals surface area contributed by atoms with Gasteiger partial charge in [0.2, 0.25) is 5.88 Å². The van der Waals surface area contributed by atoms with Crippen molar-refractivity contribution in [1.82, 2.24) is 25.1 Å². The molecule has 3 aromatic rings. The molecule has 3 aromatic heterocycles. The molecule has 0 unspecified atom stereocenters. The second-order valence-corrected chi connectivity index (χ2v) is 8.85. The number of ether oxygens (including phenoxy) is 1. The Balaban J connectivity index is 1.26. The van der Waals surface area contributed by atoms with Crippen LogP contribution in [-0.4, -0.2) is 64.6 Å². The molecule has 166 valence electrons. The van der Waals surface area contributed by atoms with E-state index in [1.807, 2.05) is 19.4 Å². The highest BCUT2D eigenvalue weighted by Gasteiger charge is 2.46. The van der Waals surface area contributed by atoms with E-state index in [2.05, 4.69) is 36.7 Å². The average Bonchev–Trinajstić information content (AvgIpc) is 3.20. The molecule has 10 nitrogen and oxygen atoms in total. The molecule has 0 bridgehead atoms. The number of aromatic nitrogens is 4. The maximum atomic E-state index is 13.2. The first-order valence-electron chi connectivity index (χ1n) is 11.0. The van der Waals surface area contributed by atoms with Crippen molar-refractivity contribution < 1.29 is 9.53 Å². The average molecular weight is 435 g/mol. The van der Waals surface area contributed by atoms with E-state index in [4.69, 9.17) is 4.74 Å². The molecule has 0 atom stereocenters. The zero-order valence-corrected chi connectivity index (χ0v) is 18.3. The topological polar surface area (TPSA) is 100 Å². The first kappa shape index (κ1) is 19.3. The molecule has 6 rings (SSSR count). The van der Waals surface area contributed by atoms with Crippen LogP contribution in [0.2, 0.25) is 0 Å². The Kier molecular flexibility index (Phi) is 4.26. The Morgan fingerprint density at radius 1 is 1.31 bits per heavy atom. The number of carbonyl (C=O) groups excluding carboxylic acids is 1. The predicted octanol–water partition coefficient (Wildman–Crippen LogP) is 1.91. The summed E-state index contributed by atoms with van der Waals surface area (Å²) in [6, 6.07) is 3.65. The summed E-state index contributed by atoms with van der Waals surface area (Å²) in [5.41, 5.74) is 3.30. The standard InChI is InChI=1S/C22H26N8O2/c1-28-12-14-11-17(25-20(32-2)18(14)27-28)26-21(31)30-9-4-15-16(3-7-23-19(15)30)29-10-8-24-22(13-29)5-6-22/h3,7,11-12,24H,4-6,8-10,13H2,1-2H3,(H,26,31). The van der Waals surface area contributed by atoms with Crippen molar-refractivity contribution in [2.45, 2.75) is 24.8 Å². The Morgan fingerprint density at radius 3 is 3.00 bits per heavy atom. The van der Waals surface area contributed by atoms with Crippen molar-refractivity contribution in [2.75, 3.05) is 48.4 Å². The van der Waals surface area contributed by atoms with E-state index in [0.717, 1.165) is 42.8 Å². The summed E-state index contributed by atoms with van der Waals surface area (Å²) in [5.74, 6) is 1.54. The molecule has 2 aliphatic heterocycles. The van der Waals surface area contributed by atoms with Crippen LogP contribution in [0.4, 0.5) is 22.1 Å². The lowest BCUT2D eigenvalue weighted by Gasteiger charge is -2.36. The van der Waals surface area contributed by atoms with E-state index in [-0.39, 0.29) is 6.03 Å². The number of rotatable bonds is 3. The third-order valence-electron chi connectivity index (χ3n) is 6.67. The van der Waals surface area contributed by atoms with Crippen LogP contribution in [0.15, 0.2) is 24.5 Å². The highest BCUT2D eigenvalue weighted by atomic mass is 16.5. The smallest absolute Gasteiger partial charge is 0.328 e. The van der Waals surface area contributed by atoms with Gasteiger partial charge >= 0.3 is 6.03 Å². The molecule has 1 spiro atoms. The van der Waals surface area contributed by atoms with Crippen LogP contribution in [0, 0.1) is 0 Å². The molecule has 0 aromatic carbocycles. The Bertz CT molecular complexity index is 1220. The van der Waals surface area contributed by atoms with Gasteiger partial charge in [0.15, 0.2) is 5.52 Å². The number of methoxy groups -OCH3 is 1. The lowest BCUT2D eigenvalue weighted by molar-refractivity contribution is 0.257. The van der Waals surface area contributed by atoms with Crippen molar-refractivity contribution in [3.8, 4) is 5.88 Å². The molecule has 2 N–H and O–H groups in total. The van der Waals surface area contributed by atoms with Crippen LogP contribution in [-0.2, 0) is 13.5 Å². The first-order chi connectivity index (χ1) is 15.5. The third-order valence-corrected chi connectivity index (χ3v) is 6.67. The van der Waals surface area contributed by atoms with E-state index in [0.29, 0.717) is 29.3 Å². The maximum absolute atomic E-state index is 13.2. The van der Waals surface area contributed by atoms with Crippen LogP contribution < -0.4 is 25.2 Å². The van der Waals surface area contributed by atoms with Gasteiger partial charge in [0, 0.05) is 67.8 Å². The van der Waals surface area contributed by atoms with Gasteiger partial charge in [-0.15, -0.1) is 0 Å². The molecule has 1 aliphatic carbocycles. The van der Waals surface area contributed by atoms with Gasteiger partial charge in [0.25, 0.3) is 0 Å². The van der Waals surface area contributed by atoms with Crippen LogP contribution in [0.5, 0.6) is 5.88 Å². The number of hydrogen-bond acceptors (Lipinski definition) is 7. The predicted molar refractivity (Wildman–Crippen MR) is 122 cm³/mol. The zero-order chi connectivity index (χ0) is 21.9. The van der Waals surface area contributed by atoms with Crippen LogP contribution in [0.25, 0.3) is 10.9 Å². The van der Waals surface area contributed by atoms with Gasteiger partial charge in [-0.1, -0.05) is 0 Å². The number of hydrogen-bond donors (Lipinski definition) is 2. The number of aryl methyl sites for hydroxylation is 1. The van der Waals surface area contributed by atoms with Crippen LogP contribution in [0.1, 0.15) is 18.4 Å². The third kappa shape index (κ3) is 3.13. The van der Waals surface area contributed by atoms with Gasteiger partial charge in [-0.05, 0) is 31.4 Å². The van der Waals surface area contributed by atoms with E-state index in [9.17, 15) is 4.79 Å². The van der Waals surface area contributed by atoms with E-state index >= 15 is 0 Å². The van der Waals surface area contributed by atoms with Crippen molar-refractivity contribution in [3.05, 3.63) is 30.1 Å². The van der Waals surface area contributed by atoms with E-state index in [1.54, 1.807) is 22.8 Å². The molecule has 2 amide bonds.